The molecule has 2 aromatic rings. The molecule has 1 N–H and O–H groups in total. The molecule has 2 saturated heterocycles. The van der Waals surface area contributed by atoms with E-state index < -0.39 is 5.82 Å². The highest BCUT2D eigenvalue weighted by atomic mass is 19.1. The summed E-state index contributed by atoms with van der Waals surface area (Å²) >= 11 is 0. The van der Waals surface area contributed by atoms with E-state index in [1.165, 1.54) is 6.26 Å². The second kappa shape index (κ2) is 5.86. The fraction of sp³-hybridized carbons (Fsp3) is 0.438. The number of ether oxygens (including phenoxy) is 1. The van der Waals surface area contributed by atoms with E-state index in [0.29, 0.717) is 38.0 Å². The van der Waals surface area contributed by atoms with Gasteiger partial charge in [0.05, 0.1) is 31.9 Å². The predicted octanol–water partition coefficient (Wildman–Crippen LogP) is 1.09. The maximum Gasteiger partial charge on any atom is 0.286 e. The van der Waals surface area contributed by atoms with Crippen molar-refractivity contribution >= 4 is 11.9 Å². The Labute approximate surface area is 137 Å². The van der Waals surface area contributed by atoms with Gasteiger partial charge in [0.25, 0.3) is 5.91 Å². The van der Waals surface area contributed by atoms with Crippen molar-refractivity contribution < 1.29 is 18.3 Å². The van der Waals surface area contributed by atoms with Crippen LogP contribution in [0.5, 0.6) is 0 Å². The van der Waals surface area contributed by atoms with E-state index in [1.54, 1.807) is 12.1 Å². The fourth-order valence-electron chi connectivity index (χ4n) is 3.45. The van der Waals surface area contributed by atoms with Crippen LogP contribution in [0.25, 0.3) is 0 Å². The summed E-state index contributed by atoms with van der Waals surface area (Å²) in [7, 11) is 0. The number of furan rings is 1. The number of amides is 1. The number of hydrogen-bond donors (Lipinski definition) is 1. The smallest absolute Gasteiger partial charge is 0.286 e. The molecular weight excluding hydrogens is 315 g/mol. The molecule has 2 aliphatic rings. The van der Waals surface area contributed by atoms with Gasteiger partial charge in [0, 0.05) is 31.0 Å². The molecule has 2 aliphatic heterocycles. The van der Waals surface area contributed by atoms with Crippen molar-refractivity contribution in [1.29, 1.82) is 0 Å². The summed E-state index contributed by atoms with van der Waals surface area (Å²) in [6.07, 6.45) is 3.80. The number of hydrogen-bond acceptors (Lipinski definition) is 6. The van der Waals surface area contributed by atoms with Crippen LogP contribution in [-0.4, -0.2) is 48.7 Å². The van der Waals surface area contributed by atoms with Gasteiger partial charge in [-0.05, 0) is 12.1 Å². The fourth-order valence-corrected chi connectivity index (χ4v) is 3.45. The third kappa shape index (κ3) is 2.62. The Hall–Kier alpha value is -2.48. The van der Waals surface area contributed by atoms with Crippen LogP contribution in [0.4, 0.5) is 10.3 Å². The van der Waals surface area contributed by atoms with Crippen LogP contribution in [0.1, 0.15) is 10.6 Å². The minimum absolute atomic E-state index is 0.194. The first-order valence-electron chi connectivity index (χ1n) is 7.78. The highest BCUT2D eigenvalue weighted by molar-refractivity contribution is 5.91. The number of fused-ring (bicyclic) bond motifs is 1. The highest BCUT2D eigenvalue weighted by Gasteiger charge is 2.51. The van der Waals surface area contributed by atoms with Crippen molar-refractivity contribution in [1.82, 2.24) is 15.3 Å². The molecule has 126 valence electrons. The van der Waals surface area contributed by atoms with Gasteiger partial charge in [-0.3, -0.25) is 4.79 Å². The van der Waals surface area contributed by atoms with Crippen LogP contribution in [-0.2, 0) is 4.74 Å². The van der Waals surface area contributed by atoms with Crippen LogP contribution in [0.3, 0.4) is 0 Å². The Morgan fingerprint density at radius 3 is 3.04 bits per heavy atom. The molecule has 2 aromatic heterocycles. The van der Waals surface area contributed by atoms with Gasteiger partial charge in [-0.2, -0.15) is 0 Å². The molecule has 7 nitrogen and oxygen atoms in total. The maximum absolute atomic E-state index is 13.0. The molecule has 0 aliphatic carbocycles. The first kappa shape index (κ1) is 15.1. The Morgan fingerprint density at radius 1 is 1.46 bits per heavy atom. The number of halogens is 1. The molecule has 1 amide bonds. The zero-order chi connectivity index (χ0) is 16.6. The number of aromatic nitrogens is 2. The Bertz CT molecular complexity index is 721. The molecule has 0 spiro atoms. The molecule has 2 fully saturated rings. The van der Waals surface area contributed by atoms with E-state index in [-0.39, 0.29) is 17.2 Å². The highest BCUT2D eigenvalue weighted by Crippen LogP contribution is 2.41. The minimum Gasteiger partial charge on any atom is -0.459 e. The van der Waals surface area contributed by atoms with Crippen LogP contribution in [0.2, 0.25) is 0 Å². The van der Waals surface area contributed by atoms with Crippen molar-refractivity contribution in [3.8, 4) is 0 Å². The summed E-state index contributed by atoms with van der Waals surface area (Å²) in [5.41, 5.74) is -0.194. The van der Waals surface area contributed by atoms with Crippen LogP contribution in [0.15, 0.2) is 35.2 Å². The average molecular weight is 332 g/mol. The summed E-state index contributed by atoms with van der Waals surface area (Å²) in [5, 5.41) is 2.93. The monoisotopic (exact) mass is 332 g/mol. The Morgan fingerprint density at radius 2 is 2.29 bits per heavy atom. The van der Waals surface area contributed by atoms with E-state index in [1.807, 2.05) is 4.90 Å². The summed E-state index contributed by atoms with van der Waals surface area (Å²) in [4.78, 5) is 22.2. The average Bonchev–Trinajstić information content (AvgIpc) is 3.29. The van der Waals surface area contributed by atoms with E-state index in [4.69, 9.17) is 9.15 Å². The van der Waals surface area contributed by atoms with E-state index >= 15 is 0 Å². The van der Waals surface area contributed by atoms with Gasteiger partial charge < -0.3 is 19.4 Å². The number of nitrogens with zero attached hydrogens (tertiary/aromatic N) is 3. The van der Waals surface area contributed by atoms with Crippen LogP contribution < -0.4 is 10.2 Å². The molecule has 2 atom stereocenters. The zero-order valence-electron chi connectivity index (χ0n) is 12.9. The first-order chi connectivity index (χ1) is 11.7. The quantitative estimate of drug-likeness (QED) is 0.903. The Balaban J connectivity index is 1.46. The van der Waals surface area contributed by atoms with Gasteiger partial charge in [0.1, 0.15) is 0 Å². The van der Waals surface area contributed by atoms with Crippen molar-refractivity contribution in [3.05, 3.63) is 42.4 Å². The summed E-state index contributed by atoms with van der Waals surface area (Å²) in [5.74, 6) is 0.364. The number of rotatable bonds is 4. The normalized spacial score (nSPS) is 25.7. The molecule has 4 rings (SSSR count). The first-order valence-corrected chi connectivity index (χ1v) is 7.78. The third-order valence-electron chi connectivity index (χ3n) is 4.76. The zero-order valence-corrected chi connectivity index (χ0v) is 12.9. The molecular formula is C16H17FN4O3. The number of anilines is 1. The van der Waals surface area contributed by atoms with E-state index in [2.05, 4.69) is 15.3 Å². The summed E-state index contributed by atoms with van der Waals surface area (Å²) in [6.45, 7) is 3.06. The SMILES string of the molecule is O=C(NC[C@@]12COC[C@@H]1CN(c1ncc(F)cn1)C2)c1ccco1. The molecule has 0 aromatic carbocycles. The van der Waals surface area contributed by atoms with Gasteiger partial charge in [-0.1, -0.05) is 0 Å². The maximum atomic E-state index is 13.0. The predicted molar refractivity (Wildman–Crippen MR) is 82.0 cm³/mol. The third-order valence-corrected chi connectivity index (χ3v) is 4.76. The number of nitrogens with one attached hydrogen (secondary N) is 1. The molecule has 0 saturated carbocycles. The van der Waals surface area contributed by atoms with Crippen molar-refractivity contribution in [3.63, 3.8) is 0 Å². The molecule has 8 heteroatoms. The van der Waals surface area contributed by atoms with Gasteiger partial charge in [-0.25, -0.2) is 14.4 Å². The molecule has 4 heterocycles. The van der Waals surface area contributed by atoms with Gasteiger partial charge in [0.15, 0.2) is 11.6 Å². The van der Waals surface area contributed by atoms with Crippen molar-refractivity contribution in [2.24, 2.45) is 11.3 Å². The molecule has 0 bridgehead atoms. The number of carbonyl (C=O) groups excluding carboxylic acids is 1. The minimum atomic E-state index is -0.457. The largest absolute Gasteiger partial charge is 0.459 e. The summed E-state index contributed by atoms with van der Waals surface area (Å²) < 4.78 is 23.8. The lowest BCUT2D eigenvalue weighted by atomic mass is 9.81. The molecule has 24 heavy (non-hydrogen) atoms. The standard InChI is InChI=1S/C16H17FN4O3/c17-12-4-18-15(19-5-12)21-6-11-7-23-10-16(11,9-21)8-20-14(22)13-2-1-3-24-13/h1-5,11H,6-10H2,(H,20,22)/t11-,16+/m0/s1. The van der Waals surface area contributed by atoms with Crippen molar-refractivity contribution in [2.75, 3.05) is 37.7 Å². The lowest BCUT2D eigenvalue weighted by molar-refractivity contribution is 0.0892. The number of carbonyl (C=O) groups is 1. The van der Waals surface area contributed by atoms with Crippen LogP contribution >= 0.6 is 0 Å². The topological polar surface area (TPSA) is 80.5 Å². The van der Waals surface area contributed by atoms with Gasteiger partial charge in [0.2, 0.25) is 5.95 Å². The second-order valence-corrected chi connectivity index (χ2v) is 6.32. The molecule has 0 unspecified atom stereocenters. The summed E-state index contributed by atoms with van der Waals surface area (Å²) in [6, 6.07) is 3.31. The van der Waals surface area contributed by atoms with Crippen LogP contribution in [0, 0.1) is 17.2 Å². The second-order valence-electron chi connectivity index (χ2n) is 6.32. The van der Waals surface area contributed by atoms with Gasteiger partial charge >= 0.3 is 0 Å². The molecule has 0 radical (unpaired) electrons. The lowest BCUT2D eigenvalue weighted by Gasteiger charge is -2.27. The Kier molecular flexibility index (Phi) is 3.68. The lowest BCUT2D eigenvalue weighted by Crippen LogP contribution is -2.43. The van der Waals surface area contributed by atoms with Crippen molar-refractivity contribution in [2.45, 2.75) is 0 Å². The van der Waals surface area contributed by atoms with E-state index in [9.17, 15) is 9.18 Å². The van der Waals surface area contributed by atoms with Gasteiger partial charge in [-0.15, -0.1) is 0 Å². The van der Waals surface area contributed by atoms with E-state index in [0.717, 1.165) is 18.9 Å².